The van der Waals surface area contributed by atoms with Crippen molar-refractivity contribution in [1.82, 2.24) is 19.6 Å². The minimum atomic E-state index is -2.01. The first kappa shape index (κ1) is 13.7. The number of terminal acetylenes is 1. The minimum Gasteiger partial charge on any atom is -0.394 e. The summed E-state index contributed by atoms with van der Waals surface area (Å²) in [5, 5.41) is 33.7. The number of imidazole rings is 1. The van der Waals surface area contributed by atoms with E-state index in [1.165, 1.54) is 17.0 Å². The van der Waals surface area contributed by atoms with Crippen LogP contribution in [0.2, 0.25) is 0 Å². The van der Waals surface area contributed by atoms with Crippen molar-refractivity contribution in [3.05, 3.63) is 18.2 Å². The van der Waals surface area contributed by atoms with Gasteiger partial charge >= 0.3 is 0 Å². The lowest BCUT2D eigenvalue weighted by molar-refractivity contribution is -0.0364. The molecule has 1 aliphatic heterocycles. The summed E-state index contributed by atoms with van der Waals surface area (Å²) < 4.78 is 6.79. The van der Waals surface area contributed by atoms with Crippen LogP contribution in [-0.4, -0.2) is 59.3 Å². The lowest BCUT2D eigenvalue weighted by Gasteiger charge is -2.24. The summed E-state index contributed by atoms with van der Waals surface area (Å²) in [4.78, 5) is 7.85. The molecule has 9 nitrogen and oxygen atoms in total. The zero-order chi connectivity index (χ0) is 15.2. The topological polar surface area (TPSA) is 139 Å². The molecule has 21 heavy (non-hydrogen) atoms. The Morgan fingerprint density at radius 1 is 1.52 bits per heavy atom. The predicted octanol–water partition coefficient (Wildman–Crippen LogP) is -2.14. The van der Waals surface area contributed by atoms with Gasteiger partial charge in [0.1, 0.15) is 24.6 Å². The Labute approximate surface area is 119 Å². The number of nitrogens with two attached hydrogens (primary N) is 1. The van der Waals surface area contributed by atoms with Crippen LogP contribution >= 0.6 is 0 Å². The number of anilines is 1. The molecule has 3 rings (SSSR count). The van der Waals surface area contributed by atoms with Crippen molar-refractivity contribution in [2.45, 2.75) is 23.9 Å². The van der Waals surface area contributed by atoms with Crippen LogP contribution in [-0.2, 0) is 4.74 Å². The molecule has 4 atom stereocenters. The van der Waals surface area contributed by atoms with E-state index < -0.39 is 30.5 Å². The lowest BCUT2D eigenvalue weighted by Crippen LogP contribution is -2.44. The number of rotatable bonds is 2. The lowest BCUT2D eigenvalue weighted by atomic mass is 9.90. The first-order valence-electron chi connectivity index (χ1n) is 6.11. The highest BCUT2D eigenvalue weighted by Gasteiger charge is 2.56. The molecular weight excluding hydrogens is 278 g/mol. The highest BCUT2D eigenvalue weighted by atomic mass is 16.6. The Balaban J connectivity index is 2.14. The van der Waals surface area contributed by atoms with E-state index in [4.69, 9.17) is 16.9 Å². The number of aromatic nitrogens is 4. The van der Waals surface area contributed by atoms with Crippen LogP contribution in [0.4, 0.5) is 5.82 Å². The molecule has 9 heteroatoms. The van der Waals surface area contributed by atoms with Crippen molar-refractivity contribution >= 4 is 11.5 Å². The summed E-state index contributed by atoms with van der Waals surface area (Å²) >= 11 is 0. The molecule has 0 spiro atoms. The molecule has 2 aromatic heterocycles. The SMILES string of the molecule is C#C[C@]1(O)C(c2cnc3c(N)ncnn23)O[C@H](CO)[C@H]1O. The molecule has 0 saturated carbocycles. The maximum atomic E-state index is 10.5. The van der Waals surface area contributed by atoms with Gasteiger partial charge in [-0.1, -0.05) is 5.92 Å². The third kappa shape index (κ3) is 1.78. The molecule has 0 bridgehead atoms. The zero-order valence-corrected chi connectivity index (χ0v) is 10.8. The molecule has 3 heterocycles. The van der Waals surface area contributed by atoms with Crippen LogP contribution in [0, 0.1) is 12.3 Å². The first-order chi connectivity index (χ1) is 10.0. The monoisotopic (exact) mass is 291 g/mol. The van der Waals surface area contributed by atoms with Crippen molar-refractivity contribution in [1.29, 1.82) is 0 Å². The molecule has 1 saturated heterocycles. The maximum Gasteiger partial charge on any atom is 0.196 e. The molecule has 1 unspecified atom stereocenters. The van der Waals surface area contributed by atoms with Crippen LogP contribution in [0.5, 0.6) is 0 Å². The van der Waals surface area contributed by atoms with E-state index in [0.717, 1.165) is 0 Å². The number of fused-ring (bicyclic) bond motifs is 1. The highest BCUT2D eigenvalue weighted by Crippen LogP contribution is 2.41. The van der Waals surface area contributed by atoms with E-state index in [1.54, 1.807) is 0 Å². The van der Waals surface area contributed by atoms with Gasteiger partial charge in [0, 0.05) is 0 Å². The molecule has 1 aliphatic rings. The number of hydrogen-bond acceptors (Lipinski definition) is 8. The van der Waals surface area contributed by atoms with Gasteiger partial charge in [-0.25, -0.2) is 14.5 Å². The van der Waals surface area contributed by atoms with E-state index >= 15 is 0 Å². The fraction of sp³-hybridized carbons (Fsp3) is 0.417. The summed E-state index contributed by atoms with van der Waals surface area (Å²) in [5.41, 5.74) is 4.25. The van der Waals surface area contributed by atoms with Crippen LogP contribution < -0.4 is 5.73 Å². The van der Waals surface area contributed by atoms with Crippen LogP contribution in [0.1, 0.15) is 11.8 Å². The standard InChI is InChI=1S/C12H13N5O4/c1-2-12(20)8(19)7(4-18)21-9(12)6-3-14-11-10(13)15-5-16-17(6)11/h1,3,5,7-9,18-20H,4H2,(H2,13,15,16)/t7-,8-,9?,12-/m1/s1. The molecule has 5 N–H and O–H groups in total. The molecule has 0 aromatic carbocycles. The number of nitrogens with zero attached hydrogens (tertiary/aromatic N) is 4. The minimum absolute atomic E-state index is 0.151. The number of ether oxygens (including phenoxy) is 1. The van der Waals surface area contributed by atoms with Gasteiger partial charge in [0.05, 0.1) is 18.5 Å². The molecule has 0 amide bonds. The van der Waals surface area contributed by atoms with Crippen molar-refractivity contribution in [3.63, 3.8) is 0 Å². The van der Waals surface area contributed by atoms with Crippen molar-refractivity contribution in [2.75, 3.05) is 12.3 Å². The molecule has 110 valence electrons. The molecule has 1 fully saturated rings. The normalized spacial score (nSPS) is 32.4. The Kier molecular flexibility index (Phi) is 3.03. The van der Waals surface area contributed by atoms with Gasteiger partial charge in [0.2, 0.25) is 0 Å². The van der Waals surface area contributed by atoms with E-state index in [2.05, 4.69) is 21.0 Å². The second-order valence-electron chi connectivity index (χ2n) is 4.72. The third-order valence-corrected chi connectivity index (χ3v) is 3.55. The van der Waals surface area contributed by atoms with Gasteiger partial charge in [-0.05, 0) is 0 Å². The van der Waals surface area contributed by atoms with Gasteiger partial charge in [0.25, 0.3) is 0 Å². The summed E-state index contributed by atoms with van der Waals surface area (Å²) in [6.45, 7) is -0.491. The summed E-state index contributed by atoms with van der Waals surface area (Å²) in [7, 11) is 0. The number of nitrogen functional groups attached to an aromatic ring is 1. The predicted molar refractivity (Wildman–Crippen MR) is 69.7 cm³/mol. The summed E-state index contributed by atoms with van der Waals surface area (Å²) in [6, 6.07) is 0. The quantitative estimate of drug-likeness (QED) is 0.460. The number of hydrogen-bond donors (Lipinski definition) is 4. The van der Waals surface area contributed by atoms with E-state index in [-0.39, 0.29) is 11.5 Å². The fourth-order valence-electron chi connectivity index (χ4n) is 2.42. The maximum absolute atomic E-state index is 10.5. The number of aliphatic hydroxyl groups is 3. The fourth-order valence-corrected chi connectivity index (χ4v) is 2.42. The largest absolute Gasteiger partial charge is 0.394 e. The van der Waals surface area contributed by atoms with E-state index in [0.29, 0.717) is 5.69 Å². The Bertz CT molecular complexity index is 726. The Morgan fingerprint density at radius 3 is 2.95 bits per heavy atom. The van der Waals surface area contributed by atoms with Crippen LogP contribution in [0.15, 0.2) is 12.5 Å². The third-order valence-electron chi connectivity index (χ3n) is 3.55. The average Bonchev–Trinajstić information content (AvgIpc) is 3.01. The Morgan fingerprint density at radius 2 is 2.29 bits per heavy atom. The molecule has 2 aromatic rings. The number of aliphatic hydroxyl groups excluding tert-OH is 2. The second-order valence-corrected chi connectivity index (χ2v) is 4.72. The van der Waals surface area contributed by atoms with Crippen LogP contribution in [0.25, 0.3) is 5.65 Å². The van der Waals surface area contributed by atoms with E-state index in [9.17, 15) is 15.3 Å². The van der Waals surface area contributed by atoms with Crippen molar-refractivity contribution in [3.8, 4) is 12.3 Å². The van der Waals surface area contributed by atoms with Crippen molar-refractivity contribution < 1.29 is 20.1 Å². The van der Waals surface area contributed by atoms with Gasteiger partial charge in [-0.3, -0.25) is 0 Å². The average molecular weight is 291 g/mol. The van der Waals surface area contributed by atoms with Gasteiger partial charge in [-0.15, -0.1) is 6.42 Å². The highest BCUT2D eigenvalue weighted by molar-refractivity contribution is 5.59. The smallest absolute Gasteiger partial charge is 0.196 e. The van der Waals surface area contributed by atoms with E-state index in [1.807, 2.05) is 0 Å². The molecule has 0 radical (unpaired) electrons. The molecule has 0 aliphatic carbocycles. The first-order valence-corrected chi connectivity index (χ1v) is 6.11. The summed E-state index contributed by atoms with van der Waals surface area (Å²) in [5.74, 6) is 2.28. The van der Waals surface area contributed by atoms with Crippen LogP contribution in [0.3, 0.4) is 0 Å². The summed E-state index contributed by atoms with van der Waals surface area (Å²) in [6.07, 6.45) is 4.36. The van der Waals surface area contributed by atoms with Gasteiger partial charge in [0.15, 0.2) is 17.1 Å². The Hall–Kier alpha value is -2.25. The zero-order valence-electron chi connectivity index (χ0n) is 10.8. The molecular formula is C12H13N5O4. The second kappa shape index (κ2) is 4.64. The van der Waals surface area contributed by atoms with Crippen molar-refractivity contribution in [2.24, 2.45) is 0 Å². The van der Waals surface area contributed by atoms with Gasteiger partial charge < -0.3 is 25.8 Å². The van der Waals surface area contributed by atoms with Gasteiger partial charge in [-0.2, -0.15) is 5.10 Å².